The largest absolute Gasteiger partial charge is 0.508 e. The molecular weight excluding hydrogens is 540 g/mol. The lowest BCUT2D eigenvalue weighted by molar-refractivity contribution is -0.149. The Hall–Kier alpha value is -5.09. The zero-order chi connectivity index (χ0) is 30.2. The predicted molar refractivity (Wildman–Crippen MR) is 154 cm³/mol. The molecule has 3 aliphatic rings. The van der Waals surface area contributed by atoms with Crippen LogP contribution in [0.5, 0.6) is 5.75 Å². The number of hydrogen-bond donors (Lipinski definition) is 5. The van der Waals surface area contributed by atoms with Gasteiger partial charge in [0.25, 0.3) is 0 Å². The molecule has 3 aromatic rings. The molecule has 0 saturated heterocycles. The van der Waals surface area contributed by atoms with E-state index >= 15 is 0 Å². The van der Waals surface area contributed by atoms with E-state index in [1.54, 1.807) is 37.3 Å². The Balaban J connectivity index is 1.66. The summed E-state index contributed by atoms with van der Waals surface area (Å²) >= 11 is 0. The molecule has 42 heavy (non-hydrogen) atoms. The number of hydrogen-bond acceptors (Lipinski definition) is 10. The lowest BCUT2D eigenvalue weighted by Crippen LogP contribution is -2.63. The summed E-state index contributed by atoms with van der Waals surface area (Å²) in [5, 5.41) is 49.9. The molecule has 212 valence electrons. The highest BCUT2D eigenvalue weighted by atomic mass is 16.3. The summed E-state index contributed by atoms with van der Waals surface area (Å²) in [6, 6.07) is 12.2. The first-order chi connectivity index (χ1) is 20.0. The number of nitrogens with two attached hydrogens (primary N) is 1. The van der Waals surface area contributed by atoms with Crippen molar-refractivity contribution >= 4 is 34.4 Å². The zero-order valence-electron chi connectivity index (χ0n) is 22.4. The molecular formula is C32H26N2O8. The van der Waals surface area contributed by atoms with Crippen LogP contribution in [-0.2, 0) is 9.59 Å². The quantitative estimate of drug-likeness (QED) is 0.226. The standard InChI is InChI=1S/C32H26N2O8/c1-13-23-19(18-8-7-15(12-35)16-5-3-4-6-17(16)18)9-10-21(36)26(23)29(38)27-24(13)28(34-42)20-11-22(37)25(14(2)33)30(39)32(20,41)31(27)40/h3-10,12-13,20,24,28,36,38-39,41H,2,11,33H2,1H3/t13-,20+,24+,28+,32+/m0/s1. The third-order valence-electron chi connectivity index (χ3n) is 9.05. The summed E-state index contributed by atoms with van der Waals surface area (Å²) in [6.07, 6.45) is 0.223. The number of fused-ring (bicyclic) bond motifs is 4. The van der Waals surface area contributed by atoms with E-state index in [0.717, 1.165) is 11.7 Å². The van der Waals surface area contributed by atoms with Gasteiger partial charge in [0.15, 0.2) is 17.7 Å². The minimum atomic E-state index is -2.78. The number of phenolic OH excluding ortho intramolecular Hbond substituents is 1. The van der Waals surface area contributed by atoms with Crippen LogP contribution in [0.1, 0.15) is 40.7 Å². The second-order valence-electron chi connectivity index (χ2n) is 11.0. The second-order valence-corrected chi connectivity index (χ2v) is 11.0. The number of carbonyl (C=O) groups excluding carboxylic acids is 3. The van der Waals surface area contributed by atoms with Crippen molar-refractivity contribution in [2.45, 2.75) is 30.9 Å². The highest BCUT2D eigenvalue weighted by molar-refractivity contribution is 6.15. The van der Waals surface area contributed by atoms with Crippen molar-refractivity contribution in [1.29, 1.82) is 0 Å². The SMILES string of the molecule is C=C(N)C1=C(O)[C@@]2(O)C(=O)C3=C(O)c4c(O)ccc(-c5ccc(C=O)c6ccccc56)c4[C@H](C)[C@H]3[C@H](N=O)[C@H]2CC1=O. The van der Waals surface area contributed by atoms with Crippen molar-refractivity contribution in [2.75, 3.05) is 0 Å². The monoisotopic (exact) mass is 566 g/mol. The Morgan fingerprint density at radius 2 is 1.71 bits per heavy atom. The number of allylic oxidation sites excluding steroid dienone is 1. The number of nitrogens with zero attached hydrogens (tertiary/aromatic N) is 1. The van der Waals surface area contributed by atoms with Crippen molar-refractivity contribution in [3.63, 3.8) is 0 Å². The summed E-state index contributed by atoms with van der Waals surface area (Å²) in [6.45, 7) is 5.15. The third kappa shape index (κ3) is 3.32. The fraction of sp³-hybridized carbons (Fsp3) is 0.219. The van der Waals surface area contributed by atoms with Crippen molar-refractivity contribution < 1.29 is 34.8 Å². The number of nitroso groups, excluding NO2 is 1. The molecule has 0 amide bonds. The number of benzene rings is 3. The Kier molecular flexibility index (Phi) is 5.95. The molecule has 0 heterocycles. The Morgan fingerprint density at radius 1 is 1.05 bits per heavy atom. The van der Waals surface area contributed by atoms with Gasteiger partial charge in [-0.15, -0.1) is 0 Å². The topological polar surface area (TPSA) is 188 Å². The third-order valence-corrected chi connectivity index (χ3v) is 9.05. The average molecular weight is 567 g/mol. The number of aromatic hydroxyl groups is 1. The number of aldehydes is 1. The van der Waals surface area contributed by atoms with E-state index in [-0.39, 0.29) is 17.0 Å². The van der Waals surface area contributed by atoms with Crippen LogP contribution in [0.4, 0.5) is 0 Å². The number of rotatable bonds is 4. The number of aliphatic hydroxyl groups is 3. The Labute approximate surface area is 239 Å². The van der Waals surface area contributed by atoms with Gasteiger partial charge in [-0.25, -0.2) is 0 Å². The molecule has 0 spiro atoms. The van der Waals surface area contributed by atoms with E-state index in [1.807, 2.05) is 12.1 Å². The van der Waals surface area contributed by atoms with Crippen molar-refractivity contribution in [3.8, 4) is 16.9 Å². The van der Waals surface area contributed by atoms with Gasteiger partial charge >= 0.3 is 0 Å². The molecule has 1 saturated carbocycles. The van der Waals surface area contributed by atoms with Crippen LogP contribution in [-0.4, -0.2) is 49.9 Å². The van der Waals surface area contributed by atoms with Gasteiger partial charge in [0, 0.05) is 35.1 Å². The van der Waals surface area contributed by atoms with E-state index in [9.17, 15) is 39.7 Å². The maximum atomic E-state index is 14.0. The molecule has 3 aromatic carbocycles. The molecule has 0 aromatic heterocycles. The van der Waals surface area contributed by atoms with Gasteiger partial charge in [-0.05, 0) is 39.4 Å². The maximum absolute atomic E-state index is 14.0. The lowest BCUT2D eigenvalue weighted by Gasteiger charge is -2.50. The molecule has 10 heteroatoms. The Bertz CT molecular complexity index is 1850. The van der Waals surface area contributed by atoms with Gasteiger partial charge < -0.3 is 26.2 Å². The van der Waals surface area contributed by atoms with Gasteiger partial charge in [0.2, 0.25) is 5.78 Å². The van der Waals surface area contributed by atoms with E-state index < -0.39 is 70.0 Å². The molecule has 5 atom stereocenters. The Morgan fingerprint density at radius 3 is 2.36 bits per heavy atom. The predicted octanol–water partition coefficient (Wildman–Crippen LogP) is 4.35. The van der Waals surface area contributed by atoms with Crippen molar-refractivity contribution in [1.82, 2.24) is 0 Å². The smallest absolute Gasteiger partial charge is 0.202 e. The molecule has 6 N–H and O–H groups in total. The van der Waals surface area contributed by atoms with Crippen molar-refractivity contribution in [3.05, 3.63) is 99.3 Å². The molecule has 0 aliphatic heterocycles. The van der Waals surface area contributed by atoms with Gasteiger partial charge in [-0.2, -0.15) is 4.91 Å². The number of aliphatic hydroxyl groups excluding tert-OH is 2. The normalized spacial score (nSPS) is 26.9. The number of ketones is 2. The highest BCUT2D eigenvalue weighted by Gasteiger charge is 2.65. The fourth-order valence-corrected chi connectivity index (χ4v) is 7.19. The zero-order valence-corrected chi connectivity index (χ0v) is 22.4. The number of Topliss-reactive ketones (excluding diaryl/α,β-unsaturated/α-hetero) is 2. The minimum absolute atomic E-state index is 0.0753. The van der Waals surface area contributed by atoms with E-state index in [0.29, 0.717) is 27.6 Å². The molecule has 6 rings (SSSR count). The van der Waals surface area contributed by atoms with E-state index in [1.165, 1.54) is 6.07 Å². The minimum Gasteiger partial charge on any atom is -0.508 e. The van der Waals surface area contributed by atoms with Crippen LogP contribution in [0.2, 0.25) is 0 Å². The summed E-state index contributed by atoms with van der Waals surface area (Å²) in [5.41, 5.74) is 3.65. The average Bonchev–Trinajstić information content (AvgIpc) is 2.96. The maximum Gasteiger partial charge on any atom is 0.202 e. The second kappa shape index (κ2) is 9.22. The molecule has 10 nitrogen and oxygen atoms in total. The highest BCUT2D eigenvalue weighted by Crippen LogP contribution is 2.58. The van der Waals surface area contributed by atoms with Crippen LogP contribution in [0, 0.1) is 16.7 Å². The molecule has 0 bridgehead atoms. The number of carbonyl (C=O) groups is 3. The molecule has 1 fully saturated rings. The van der Waals surface area contributed by atoms with E-state index in [4.69, 9.17) is 5.73 Å². The van der Waals surface area contributed by atoms with Crippen LogP contribution < -0.4 is 5.73 Å². The fourth-order valence-electron chi connectivity index (χ4n) is 7.19. The van der Waals surface area contributed by atoms with Gasteiger partial charge in [0.05, 0.1) is 11.1 Å². The molecule has 0 radical (unpaired) electrons. The van der Waals surface area contributed by atoms with Crippen LogP contribution in [0.25, 0.3) is 27.7 Å². The first kappa shape index (κ1) is 27.1. The van der Waals surface area contributed by atoms with Crippen LogP contribution >= 0.6 is 0 Å². The summed E-state index contributed by atoms with van der Waals surface area (Å²) in [4.78, 5) is 51.2. The summed E-state index contributed by atoms with van der Waals surface area (Å²) in [7, 11) is 0. The summed E-state index contributed by atoms with van der Waals surface area (Å²) < 4.78 is 0. The van der Waals surface area contributed by atoms with Gasteiger partial charge in [0.1, 0.15) is 23.3 Å². The van der Waals surface area contributed by atoms with Gasteiger partial charge in [-0.1, -0.05) is 61.1 Å². The molecule has 0 unspecified atom stereocenters. The molecule has 3 aliphatic carbocycles. The summed E-state index contributed by atoms with van der Waals surface area (Å²) in [5.74, 6) is -7.23. The first-order valence-electron chi connectivity index (χ1n) is 13.3. The first-order valence-corrected chi connectivity index (χ1v) is 13.3. The van der Waals surface area contributed by atoms with Gasteiger partial charge in [-0.3, -0.25) is 14.4 Å². The van der Waals surface area contributed by atoms with Crippen LogP contribution in [0.15, 0.2) is 82.9 Å². The number of phenols is 1. The van der Waals surface area contributed by atoms with Crippen molar-refractivity contribution in [2.24, 2.45) is 22.7 Å². The van der Waals surface area contributed by atoms with Crippen LogP contribution in [0.3, 0.4) is 0 Å². The van der Waals surface area contributed by atoms with E-state index in [2.05, 4.69) is 11.8 Å². The lowest BCUT2D eigenvalue weighted by atomic mass is 9.54.